The molecule has 0 amide bonds. The molecule has 0 spiro atoms. The lowest BCUT2D eigenvalue weighted by atomic mass is 9.98. The summed E-state index contributed by atoms with van der Waals surface area (Å²) in [6, 6.07) is 11.7. The number of piperazine rings is 1. The Bertz CT molecular complexity index is 287. The van der Waals surface area contributed by atoms with Crippen LogP contribution in [0.4, 0.5) is 0 Å². The van der Waals surface area contributed by atoms with E-state index in [1.807, 2.05) is 0 Å². The van der Waals surface area contributed by atoms with Crippen LogP contribution in [0.1, 0.15) is 25.5 Å². The fraction of sp³-hybridized carbons (Fsp3) is 0.538. The number of hydrogen-bond acceptors (Lipinski definition) is 2. The average Bonchev–Trinajstić information content (AvgIpc) is 2.30. The first-order valence-electron chi connectivity index (χ1n) is 5.79. The van der Waals surface area contributed by atoms with E-state index >= 15 is 0 Å². The van der Waals surface area contributed by atoms with Crippen molar-refractivity contribution in [2.75, 3.05) is 13.1 Å². The highest BCUT2D eigenvalue weighted by Gasteiger charge is 2.22. The molecule has 1 heterocycles. The molecule has 1 saturated heterocycles. The van der Waals surface area contributed by atoms with Gasteiger partial charge in [0, 0.05) is 25.2 Å². The zero-order valence-electron chi connectivity index (χ0n) is 9.53. The van der Waals surface area contributed by atoms with Gasteiger partial charge in [-0.2, -0.15) is 0 Å². The molecule has 2 atom stereocenters. The van der Waals surface area contributed by atoms with E-state index in [2.05, 4.69) is 54.8 Å². The monoisotopic (exact) mass is 204 g/mol. The van der Waals surface area contributed by atoms with E-state index in [1.165, 1.54) is 5.56 Å². The van der Waals surface area contributed by atoms with E-state index in [0.29, 0.717) is 18.0 Å². The van der Waals surface area contributed by atoms with Gasteiger partial charge in [0.15, 0.2) is 0 Å². The van der Waals surface area contributed by atoms with Crippen LogP contribution in [0.2, 0.25) is 0 Å². The lowest BCUT2D eigenvalue weighted by molar-refractivity contribution is 0.297. The SMILES string of the molecule is CC(C)C1CNC(c2ccccc2)CN1. The number of benzene rings is 1. The summed E-state index contributed by atoms with van der Waals surface area (Å²) in [5, 5.41) is 7.21. The maximum Gasteiger partial charge on any atom is 0.0447 e. The molecule has 0 bridgehead atoms. The van der Waals surface area contributed by atoms with Gasteiger partial charge in [-0.15, -0.1) is 0 Å². The zero-order chi connectivity index (χ0) is 10.7. The summed E-state index contributed by atoms with van der Waals surface area (Å²) in [4.78, 5) is 0. The second kappa shape index (κ2) is 4.77. The predicted octanol–water partition coefficient (Wildman–Crippen LogP) is 1.95. The fourth-order valence-electron chi connectivity index (χ4n) is 2.08. The summed E-state index contributed by atoms with van der Waals surface area (Å²) in [6.45, 7) is 6.63. The normalized spacial score (nSPS) is 26.9. The molecular weight excluding hydrogens is 184 g/mol. The summed E-state index contributed by atoms with van der Waals surface area (Å²) < 4.78 is 0. The van der Waals surface area contributed by atoms with Gasteiger partial charge in [0.05, 0.1) is 0 Å². The minimum atomic E-state index is 0.473. The van der Waals surface area contributed by atoms with Gasteiger partial charge in [-0.25, -0.2) is 0 Å². The van der Waals surface area contributed by atoms with Crippen molar-refractivity contribution in [3.8, 4) is 0 Å². The minimum absolute atomic E-state index is 0.473. The second-order valence-electron chi connectivity index (χ2n) is 4.63. The smallest absolute Gasteiger partial charge is 0.0447 e. The number of nitrogens with one attached hydrogen (secondary N) is 2. The Kier molecular flexibility index (Phi) is 3.39. The van der Waals surface area contributed by atoms with Crippen molar-refractivity contribution in [3.05, 3.63) is 35.9 Å². The Balaban J connectivity index is 1.94. The molecule has 15 heavy (non-hydrogen) atoms. The first kappa shape index (κ1) is 10.7. The Morgan fingerprint density at radius 1 is 1.07 bits per heavy atom. The van der Waals surface area contributed by atoms with Crippen LogP contribution in [-0.4, -0.2) is 19.1 Å². The number of hydrogen-bond donors (Lipinski definition) is 2. The Labute approximate surface area is 92.1 Å². The molecule has 2 N–H and O–H groups in total. The molecular formula is C13H20N2. The highest BCUT2D eigenvalue weighted by atomic mass is 15.1. The second-order valence-corrected chi connectivity index (χ2v) is 4.63. The summed E-state index contributed by atoms with van der Waals surface area (Å²) in [5.74, 6) is 0.703. The highest BCUT2D eigenvalue weighted by molar-refractivity contribution is 5.20. The van der Waals surface area contributed by atoms with Crippen LogP contribution in [-0.2, 0) is 0 Å². The van der Waals surface area contributed by atoms with Gasteiger partial charge in [0.2, 0.25) is 0 Å². The number of rotatable bonds is 2. The van der Waals surface area contributed by atoms with Gasteiger partial charge < -0.3 is 10.6 Å². The van der Waals surface area contributed by atoms with Crippen molar-refractivity contribution in [3.63, 3.8) is 0 Å². The van der Waals surface area contributed by atoms with Crippen LogP contribution in [0.25, 0.3) is 0 Å². The maximum atomic E-state index is 3.60. The lowest BCUT2D eigenvalue weighted by Crippen LogP contribution is -2.52. The minimum Gasteiger partial charge on any atom is -0.311 e. The van der Waals surface area contributed by atoms with Gasteiger partial charge >= 0.3 is 0 Å². The van der Waals surface area contributed by atoms with Gasteiger partial charge in [-0.1, -0.05) is 44.2 Å². The molecule has 1 aliphatic rings. The molecule has 1 aliphatic heterocycles. The van der Waals surface area contributed by atoms with Crippen molar-refractivity contribution in [1.29, 1.82) is 0 Å². The van der Waals surface area contributed by atoms with Crippen molar-refractivity contribution in [1.82, 2.24) is 10.6 Å². The molecule has 1 aromatic rings. The molecule has 2 unspecified atom stereocenters. The molecule has 0 aliphatic carbocycles. The topological polar surface area (TPSA) is 24.1 Å². The van der Waals surface area contributed by atoms with Crippen molar-refractivity contribution in [2.24, 2.45) is 5.92 Å². The van der Waals surface area contributed by atoms with E-state index < -0.39 is 0 Å². The van der Waals surface area contributed by atoms with E-state index in [9.17, 15) is 0 Å². The molecule has 0 saturated carbocycles. The average molecular weight is 204 g/mol. The Morgan fingerprint density at radius 2 is 1.80 bits per heavy atom. The standard InChI is InChI=1S/C13H20N2/c1-10(2)12-8-15-13(9-14-12)11-6-4-3-5-7-11/h3-7,10,12-15H,8-9H2,1-2H3. The van der Waals surface area contributed by atoms with Crippen LogP contribution in [0.3, 0.4) is 0 Å². The first-order chi connectivity index (χ1) is 7.27. The summed E-state index contributed by atoms with van der Waals surface area (Å²) in [7, 11) is 0. The maximum absolute atomic E-state index is 3.60. The van der Waals surface area contributed by atoms with E-state index in [1.54, 1.807) is 0 Å². The molecule has 2 nitrogen and oxygen atoms in total. The lowest BCUT2D eigenvalue weighted by Gasteiger charge is -2.33. The molecule has 0 radical (unpaired) electrons. The predicted molar refractivity (Wildman–Crippen MR) is 63.8 cm³/mol. The quantitative estimate of drug-likeness (QED) is 0.769. The molecule has 82 valence electrons. The van der Waals surface area contributed by atoms with Gasteiger partial charge in [-0.3, -0.25) is 0 Å². The third kappa shape index (κ3) is 2.58. The fourth-order valence-corrected chi connectivity index (χ4v) is 2.08. The summed E-state index contributed by atoms with van der Waals surface area (Å²) >= 11 is 0. The molecule has 1 aromatic carbocycles. The molecule has 1 fully saturated rings. The molecule has 2 rings (SSSR count). The van der Waals surface area contributed by atoms with E-state index in [-0.39, 0.29) is 0 Å². The van der Waals surface area contributed by atoms with Crippen LogP contribution in [0, 0.1) is 5.92 Å². The third-order valence-corrected chi connectivity index (χ3v) is 3.18. The molecule has 2 heteroatoms. The largest absolute Gasteiger partial charge is 0.311 e. The molecule has 0 aromatic heterocycles. The van der Waals surface area contributed by atoms with Gasteiger partial charge in [-0.05, 0) is 11.5 Å². The summed E-state index contributed by atoms with van der Waals surface area (Å²) in [5.41, 5.74) is 1.38. The third-order valence-electron chi connectivity index (χ3n) is 3.18. The van der Waals surface area contributed by atoms with Crippen LogP contribution in [0.15, 0.2) is 30.3 Å². The van der Waals surface area contributed by atoms with Crippen LogP contribution < -0.4 is 10.6 Å². The van der Waals surface area contributed by atoms with E-state index in [4.69, 9.17) is 0 Å². The van der Waals surface area contributed by atoms with Gasteiger partial charge in [0.1, 0.15) is 0 Å². The van der Waals surface area contributed by atoms with Crippen molar-refractivity contribution in [2.45, 2.75) is 25.9 Å². The van der Waals surface area contributed by atoms with Crippen LogP contribution >= 0.6 is 0 Å². The van der Waals surface area contributed by atoms with Crippen molar-refractivity contribution < 1.29 is 0 Å². The Morgan fingerprint density at radius 3 is 2.33 bits per heavy atom. The first-order valence-corrected chi connectivity index (χ1v) is 5.79. The highest BCUT2D eigenvalue weighted by Crippen LogP contribution is 2.16. The summed E-state index contributed by atoms with van der Waals surface area (Å²) in [6.07, 6.45) is 0. The van der Waals surface area contributed by atoms with Crippen molar-refractivity contribution >= 4 is 0 Å². The van der Waals surface area contributed by atoms with E-state index in [0.717, 1.165) is 13.1 Å². The zero-order valence-corrected chi connectivity index (χ0v) is 9.53. The van der Waals surface area contributed by atoms with Crippen LogP contribution in [0.5, 0.6) is 0 Å². The van der Waals surface area contributed by atoms with Gasteiger partial charge in [0.25, 0.3) is 0 Å². The Hall–Kier alpha value is -0.860.